The van der Waals surface area contributed by atoms with Gasteiger partial charge < -0.3 is 5.73 Å². The highest BCUT2D eigenvalue weighted by molar-refractivity contribution is 6.35. The van der Waals surface area contributed by atoms with E-state index in [0.717, 1.165) is 18.4 Å². The Balaban J connectivity index is 1.98. The van der Waals surface area contributed by atoms with Gasteiger partial charge >= 0.3 is 0 Å². The Morgan fingerprint density at radius 2 is 2.06 bits per heavy atom. The number of carbonyl (C=O) groups excluding carboxylic acids is 1. The minimum absolute atomic E-state index is 0.0655. The summed E-state index contributed by atoms with van der Waals surface area (Å²) in [5.74, 6) is 0.212. The summed E-state index contributed by atoms with van der Waals surface area (Å²) in [5.41, 5.74) is 6.67. The molecule has 2 N–H and O–H groups in total. The van der Waals surface area contributed by atoms with Gasteiger partial charge in [0, 0.05) is 22.9 Å². The van der Waals surface area contributed by atoms with Gasteiger partial charge in [-0.05, 0) is 42.5 Å². The molecule has 1 aliphatic carbocycles. The van der Waals surface area contributed by atoms with Gasteiger partial charge in [0.1, 0.15) is 5.78 Å². The number of Topliss-reactive ketones (excluding diaryl/α,β-unsaturated/α-hetero) is 1. The molecular formula is C14H17Cl2NO. The fraction of sp³-hybridized carbons (Fsp3) is 0.500. The molecule has 18 heavy (non-hydrogen) atoms. The second kappa shape index (κ2) is 5.60. The molecule has 0 aromatic heterocycles. The first kappa shape index (κ1) is 13.9. The van der Waals surface area contributed by atoms with Crippen LogP contribution in [0.3, 0.4) is 0 Å². The van der Waals surface area contributed by atoms with Crippen molar-refractivity contribution in [3.05, 3.63) is 33.8 Å². The van der Waals surface area contributed by atoms with Crippen molar-refractivity contribution in [3.63, 3.8) is 0 Å². The Labute approximate surface area is 117 Å². The zero-order chi connectivity index (χ0) is 13.2. The third kappa shape index (κ3) is 3.05. The van der Waals surface area contributed by atoms with Gasteiger partial charge in [-0.3, -0.25) is 4.79 Å². The topological polar surface area (TPSA) is 43.1 Å². The molecule has 1 aliphatic rings. The molecule has 0 heterocycles. The van der Waals surface area contributed by atoms with Gasteiger partial charge in [-0.15, -0.1) is 0 Å². The molecule has 0 radical (unpaired) electrons. The highest BCUT2D eigenvalue weighted by atomic mass is 35.5. The molecule has 0 bridgehead atoms. The number of carbonyl (C=O) groups is 1. The smallest absolute Gasteiger partial charge is 0.137 e. The molecule has 0 spiro atoms. The summed E-state index contributed by atoms with van der Waals surface area (Å²) in [6.45, 7) is 0.604. The van der Waals surface area contributed by atoms with E-state index in [1.165, 1.54) is 6.42 Å². The second-order valence-electron chi connectivity index (χ2n) is 5.19. The molecule has 98 valence electrons. The fourth-order valence-corrected chi connectivity index (χ4v) is 2.96. The van der Waals surface area contributed by atoms with Crippen LogP contribution < -0.4 is 5.73 Å². The lowest BCUT2D eigenvalue weighted by atomic mass is 9.65. The number of hydrogen-bond acceptors (Lipinski definition) is 2. The molecule has 1 aromatic carbocycles. The van der Waals surface area contributed by atoms with Crippen LogP contribution in [0.25, 0.3) is 0 Å². The minimum Gasteiger partial charge on any atom is -0.330 e. The quantitative estimate of drug-likeness (QED) is 0.898. The first-order valence-corrected chi connectivity index (χ1v) is 6.96. The SMILES string of the molecule is NCC1(CC(=O)Cc2ccc(Cl)cc2Cl)CCC1. The van der Waals surface area contributed by atoms with Crippen LogP contribution in [-0.2, 0) is 11.2 Å². The van der Waals surface area contributed by atoms with Gasteiger partial charge in [-0.2, -0.15) is 0 Å². The lowest BCUT2D eigenvalue weighted by molar-refractivity contribution is -0.122. The summed E-state index contributed by atoms with van der Waals surface area (Å²) in [7, 11) is 0. The van der Waals surface area contributed by atoms with Gasteiger partial charge in [0.15, 0.2) is 0 Å². The Bertz CT molecular complexity index is 450. The molecule has 0 aliphatic heterocycles. The largest absolute Gasteiger partial charge is 0.330 e. The van der Waals surface area contributed by atoms with Crippen LogP contribution in [0.2, 0.25) is 10.0 Å². The van der Waals surface area contributed by atoms with Crippen molar-refractivity contribution in [3.8, 4) is 0 Å². The van der Waals surface area contributed by atoms with Crippen molar-refractivity contribution < 1.29 is 4.79 Å². The van der Waals surface area contributed by atoms with Crippen LogP contribution in [0.15, 0.2) is 18.2 Å². The third-order valence-corrected chi connectivity index (χ3v) is 4.41. The fourth-order valence-electron chi connectivity index (χ4n) is 2.49. The summed E-state index contributed by atoms with van der Waals surface area (Å²) in [5, 5.41) is 1.15. The standard InChI is InChI=1S/C14H17Cl2NO/c15-11-3-2-10(13(16)7-11)6-12(18)8-14(9-17)4-1-5-14/h2-3,7H,1,4-6,8-9,17H2. The summed E-state index contributed by atoms with van der Waals surface area (Å²) < 4.78 is 0. The lowest BCUT2D eigenvalue weighted by Gasteiger charge is -2.40. The Morgan fingerprint density at radius 3 is 2.56 bits per heavy atom. The summed E-state index contributed by atoms with van der Waals surface area (Å²) in [4.78, 5) is 12.1. The molecule has 0 unspecified atom stereocenters. The van der Waals surface area contributed by atoms with Crippen molar-refractivity contribution in [1.82, 2.24) is 0 Å². The van der Waals surface area contributed by atoms with Crippen LogP contribution >= 0.6 is 23.2 Å². The maximum absolute atomic E-state index is 12.1. The van der Waals surface area contributed by atoms with E-state index in [1.807, 2.05) is 6.07 Å². The Morgan fingerprint density at radius 1 is 1.33 bits per heavy atom. The number of nitrogens with two attached hydrogens (primary N) is 1. The van der Waals surface area contributed by atoms with Crippen LogP contribution in [0.4, 0.5) is 0 Å². The predicted molar refractivity (Wildman–Crippen MR) is 75.1 cm³/mol. The zero-order valence-electron chi connectivity index (χ0n) is 10.2. The normalized spacial score (nSPS) is 17.3. The van der Waals surface area contributed by atoms with Gasteiger partial charge in [-0.25, -0.2) is 0 Å². The highest BCUT2D eigenvalue weighted by Crippen LogP contribution is 2.43. The van der Waals surface area contributed by atoms with Gasteiger partial charge in [-0.1, -0.05) is 35.7 Å². The highest BCUT2D eigenvalue weighted by Gasteiger charge is 2.37. The maximum atomic E-state index is 12.1. The van der Waals surface area contributed by atoms with E-state index in [9.17, 15) is 4.79 Å². The first-order chi connectivity index (χ1) is 8.54. The van der Waals surface area contributed by atoms with Crippen LogP contribution in [-0.4, -0.2) is 12.3 Å². The predicted octanol–water partition coefficient (Wildman–Crippen LogP) is 3.62. The van der Waals surface area contributed by atoms with Crippen LogP contribution in [0, 0.1) is 5.41 Å². The number of rotatable bonds is 5. The monoisotopic (exact) mass is 285 g/mol. The van der Waals surface area contributed by atoms with E-state index >= 15 is 0 Å². The summed E-state index contributed by atoms with van der Waals surface area (Å²) in [6, 6.07) is 5.25. The van der Waals surface area contributed by atoms with E-state index in [0.29, 0.717) is 29.4 Å². The zero-order valence-corrected chi connectivity index (χ0v) is 11.7. The van der Waals surface area contributed by atoms with Crippen molar-refractivity contribution >= 4 is 29.0 Å². The van der Waals surface area contributed by atoms with Crippen molar-refractivity contribution in [1.29, 1.82) is 0 Å². The summed E-state index contributed by atoms with van der Waals surface area (Å²) in [6.07, 6.45) is 4.28. The number of halogens is 2. The van der Waals surface area contributed by atoms with Crippen molar-refractivity contribution in [2.24, 2.45) is 11.1 Å². The summed E-state index contributed by atoms with van der Waals surface area (Å²) >= 11 is 11.9. The molecule has 0 saturated heterocycles. The molecule has 0 atom stereocenters. The van der Waals surface area contributed by atoms with E-state index in [-0.39, 0.29) is 11.2 Å². The maximum Gasteiger partial charge on any atom is 0.137 e. The molecule has 1 saturated carbocycles. The molecule has 2 nitrogen and oxygen atoms in total. The third-order valence-electron chi connectivity index (χ3n) is 3.82. The molecule has 1 fully saturated rings. The average Bonchev–Trinajstić information content (AvgIpc) is 2.27. The Hall–Kier alpha value is -0.570. The van der Waals surface area contributed by atoms with Crippen molar-refractivity contribution in [2.75, 3.05) is 6.54 Å². The molecular weight excluding hydrogens is 269 g/mol. The molecule has 1 aromatic rings. The van der Waals surface area contributed by atoms with Crippen LogP contribution in [0.1, 0.15) is 31.2 Å². The number of ketones is 1. The Kier molecular flexibility index (Phi) is 4.31. The average molecular weight is 286 g/mol. The van der Waals surface area contributed by atoms with Crippen molar-refractivity contribution in [2.45, 2.75) is 32.1 Å². The number of hydrogen-bond donors (Lipinski definition) is 1. The number of benzene rings is 1. The van der Waals surface area contributed by atoms with Gasteiger partial charge in [0.25, 0.3) is 0 Å². The lowest BCUT2D eigenvalue weighted by Crippen LogP contribution is -2.39. The molecule has 0 amide bonds. The van der Waals surface area contributed by atoms with E-state index in [2.05, 4.69) is 0 Å². The van der Waals surface area contributed by atoms with E-state index < -0.39 is 0 Å². The molecule has 4 heteroatoms. The first-order valence-electron chi connectivity index (χ1n) is 6.20. The minimum atomic E-state index is 0.0655. The van der Waals surface area contributed by atoms with Gasteiger partial charge in [0.2, 0.25) is 0 Å². The van der Waals surface area contributed by atoms with Gasteiger partial charge in [0.05, 0.1) is 0 Å². The van der Waals surface area contributed by atoms with E-state index in [4.69, 9.17) is 28.9 Å². The van der Waals surface area contributed by atoms with Crippen LogP contribution in [0.5, 0.6) is 0 Å². The second-order valence-corrected chi connectivity index (χ2v) is 6.03. The molecule has 2 rings (SSSR count). The van der Waals surface area contributed by atoms with E-state index in [1.54, 1.807) is 12.1 Å².